The van der Waals surface area contributed by atoms with Crippen LogP contribution in [0, 0.1) is 0 Å². The number of benzene rings is 4. The van der Waals surface area contributed by atoms with Gasteiger partial charge >= 0.3 is 17.9 Å². The van der Waals surface area contributed by atoms with Crippen molar-refractivity contribution < 1.29 is 43.6 Å². The van der Waals surface area contributed by atoms with Crippen molar-refractivity contribution in [3.63, 3.8) is 0 Å². The number of unbranched alkanes of at least 4 members (excludes halogenated alkanes) is 3. The van der Waals surface area contributed by atoms with Crippen molar-refractivity contribution in [2.75, 3.05) is 13.2 Å². The third-order valence-corrected chi connectivity index (χ3v) is 6.83. The largest absolute Gasteiger partial charge is 0.507 e. The molecule has 4 aromatic rings. The topological polar surface area (TPSA) is 136 Å². The Kier molecular flexibility index (Phi) is 11.2. The first-order valence-electron chi connectivity index (χ1n) is 14.3. The van der Waals surface area contributed by atoms with E-state index >= 15 is 0 Å². The van der Waals surface area contributed by atoms with Gasteiger partial charge in [-0.3, -0.25) is 4.79 Å². The number of aromatic carboxylic acids is 1. The van der Waals surface area contributed by atoms with Gasteiger partial charge in [0, 0.05) is 17.7 Å². The van der Waals surface area contributed by atoms with Crippen molar-refractivity contribution in [3.8, 4) is 28.4 Å². The minimum absolute atomic E-state index is 0.0559. The van der Waals surface area contributed by atoms with Gasteiger partial charge in [-0.05, 0) is 79.3 Å². The molecular weight excluding hydrogens is 576 g/mol. The maximum atomic E-state index is 12.8. The van der Waals surface area contributed by atoms with Gasteiger partial charge in [0.2, 0.25) is 0 Å². The van der Waals surface area contributed by atoms with Crippen LogP contribution in [-0.2, 0) is 9.53 Å². The summed E-state index contributed by atoms with van der Waals surface area (Å²) in [5.41, 5.74) is 1.75. The van der Waals surface area contributed by atoms with Crippen molar-refractivity contribution in [3.05, 3.63) is 126 Å². The molecule has 45 heavy (non-hydrogen) atoms. The number of carbonyl (C=O) groups excluding carboxylic acids is 3. The predicted molar refractivity (Wildman–Crippen MR) is 167 cm³/mol. The highest BCUT2D eigenvalue weighted by atomic mass is 16.5. The molecule has 0 aliphatic rings. The molecule has 0 bridgehead atoms. The summed E-state index contributed by atoms with van der Waals surface area (Å²) < 4.78 is 16.2. The molecule has 2 N–H and O–H groups in total. The maximum Gasteiger partial charge on any atom is 0.343 e. The van der Waals surface area contributed by atoms with Crippen molar-refractivity contribution in [1.82, 2.24) is 0 Å². The first-order chi connectivity index (χ1) is 21.8. The summed E-state index contributed by atoms with van der Waals surface area (Å²) >= 11 is 0. The Hall–Kier alpha value is -5.70. The second-order valence-corrected chi connectivity index (χ2v) is 9.99. The molecule has 4 aromatic carbocycles. The molecule has 0 radical (unpaired) electrons. The molecule has 230 valence electrons. The molecule has 9 heteroatoms. The number of carboxylic acid groups (broad SMARTS) is 1. The van der Waals surface area contributed by atoms with E-state index in [9.17, 15) is 29.4 Å². The van der Waals surface area contributed by atoms with Crippen LogP contribution < -0.4 is 9.47 Å². The molecular formula is C36H32O9. The Labute approximate surface area is 260 Å². The molecule has 9 nitrogen and oxygen atoms in total. The molecule has 0 saturated carbocycles. The zero-order valence-electron chi connectivity index (χ0n) is 24.4. The monoisotopic (exact) mass is 608 g/mol. The Morgan fingerprint density at radius 1 is 0.711 bits per heavy atom. The predicted octanol–water partition coefficient (Wildman–Crippen LogP) is 6.88. The number of rotatable bonds is 15. The van der Waals surface area contributed by atoms with E-state index in [1.165, 1.54) is 36.4 Å². The molecule has 0 aromatic heterocycles. The number of phenols is 1. The molecule has 0 aliphatic heterocycles. The molecule has 0 fully saturated rings. The van der Waals surface area contributed by atoms with Crippen LogP contribution in [0.25, 0.3) is 11.1 Å². The first kappa shape index (κ1) is 32.2. The number of ketones is 1. The average Bonchev–Trinajstić information content (AvgIpc) is 3.05. The second-order valence-electron chi connectivity index (χ2n) is 9.99. The lowest BCUT2D eigenvalue weighted by Crippen LogP contribution is -2.09. The lowest BCUT2D eigenvalue weighted by atomic mass is 9.98. The Bertz CT molecular complexity index is 1680. The van der Waals surface area contributed by atoms with Gasteiger partial charge in [0.05, 0.1) is 29.9 Å². The third kappa shape index (κ3) is 8.90. The van der Waals surface area contributed by atoms with Gasteiger partial charge in [-0.2, -0.15) is 0 Å². The molecule has 0 aliphatic carbocycles. The summed E-state index contributed by atoms with van der Waals surface area (Å²) in [4.78, 5) is 48.4. The molecule has 0 atom stereocenters. The highest BCUT2D eigenvalue weighted by Gasteiger charge is 2.17. The van der Waals surface area contributed by atoms with Gasteiger partial charge in [-0.15, -0.1) is 0 Å². The number of phenolic OH excluding ortho intramolecular Hbond substituents is 1. The summed E-state index contributed by atoms with van der Waals surface area (Å²) in [7, 11) is 0. The number of carbonyl (C=O) groups is 4. The van der Waals surface area contributed by atoms with Crippen LogP contribution in [0.15, 0.2) is 104 Å². The molecule has 0 heterocycles. The average molecular weight is 609 g/mol. The molecule has 0 saturated heterocycles. The van der Waals surface area contributed by atoms with Gasteiger partial charge in [-0.25, -0.2) is 14.4 Å². The first-order valence-corrected chi connectivity index (χ1v) is 14.3. The van der Waals surface area contributed by atoms with Crippen LogP contribution in [0.3, 0.4) is 0 Å². The van der Waals surface area contributed by atoms with Crippen molar-refractivity contribution in [2.24, 2.45) is 0 Å². The minimum atomic E-state index is -1.11. The molecule has 0 spiro atoms. The second kappa shape index (κ2) is 15.7. The fourth-order valence-electron chi connectivity index (χ4n) is 4.48. The third-order valence-electron chi connectivity index (χ3n) is 6.83. The normalized spacial score (nSPS) is 10.5. The number of hydrogen-bond donors (Lipinski definition) is 2. The SMILES string of the molecule is C=CC(=O)OCCCCCCOc1ccc(C(=O)O)c(-c2ccc(C(=O)Oc3ccc(C(=O)c4ccccc4)c(O)c3)cc2)c1. The Balaban J connectivity index is 1.36. The van der Waals surface area contributed by atoms with Gasteiger partial charge in [-0.1, -0.05) is 49.0 Å². The van der Waals surface area contributed by atoms with Gasteiger partial charge < -0.3 is 24.4 Å². The molecule has 4 rings (SSSR count). The zero-order valence-corrected chi connectivity index (χ0v) is 24.4. The van der Waals surface area contributed by atoms with Crippen LogP contribution in [-0.4, -0.2) is 47.1 Å². The summed E-state index contributed by atoms with van der Waals surface area (Å²) in [6, 6.07) is 23.5. The van der Waals surface area contributed by atoms with E-state index in [4.69, 9.17) is 14.2 Å². The lowest BCUT2D eigenvalue weighted by Gasteiger charge is -2.12. The Morgan fingerprint density at radius 3 is 2.04 bits per heavy atom. The van der Waals surface area contributed by atoms with Crippen LogP contribution in [0.5, 0.6) is 17.2 Å². The van der Waals surface area contributed by atoms with Crippen LogP contribution >= 0.6 is 0 Å². The summed E-state index contributed by atoms with van der Waals surface area (Å²) in [5.74, 6) is -2.36. The fourth-order valence-corrected chi connectivity index (χ4v) is 4.48. The van der Waals surface area contributed by atoms with E-state index in [0.29, 0.717) is 35.7 Å². The van der Waals surface area contributed by atoms with Gasteiger partial charge in [0.25, 0.3) is 0 Å². The van der Waals surface area contributed by atoms with Crippen LogP contribution in [0.4, 0.5) is 0 Å². The standard InChI is InChI=1S/C36H32O9/c1-2-33(38)44-21-9-4-3-8-20-43-27-16-18-29(35(40)41)31(22-27)24-12-14-26(15-13-24)36(42)45-28-17-19-30(32(37)23-28)34(39)25-10-6-5-7-11-25/h2,5-7,10-19,22-23,37H,1,3-4,8-9,20-21H2,(H,40,41). The molecule has 0 amide bonds. The van der Waals surface area contributed by atoms with Gasteiger partial charge in [0.1, 0.15) is 17.2 Å². The van der Waals surface area contributed by atoms with E-state index in [1.54, 1.807) is 54.6 Å². The smallest absolute Gasteiger partial charge is 0.343 e. The number of aromatic hydroxyl groups is 1. The van der Waals surface area contributed by atoms with E-state index in [1.807, 2.05) is 0 Å². The van der Waals surface area contributed by atoms with Gasteiger partial charge in [0.15, 0.2) is 5.78 Å². The Morgan fingerprint density at radius 2 is 1.38 bits per heavy atom. The minimum Gasteiger partial charge on any atom is -0.507 e. The van der Waals surface area contributed by atoms with E-state index in [0.717, 1.165) is 31.8 Å². The van der Waals surface area contributed by atoms with Crippen molar-refractivity contribution in [2.45, 2.75) is 25.7 Å². The number of hydrogen-bond acceptors (Lipinski definition) is 8. The van der Waals surface area contributed by atoms with E-state index in [-0.39, 0.29) is 34.0 Å². The van der Waals surface area contributed by atoms with E-state index < -0.39 is 17.9 Å². The van der Waals surface area contributed by atoms with Crippen LogP contribution in [0.2, 0.25) is 0 Å². The number of carboxylic acids is 1. The fraction of sp³-hybridized carbons (Fsp3) is 0.167. The van der Waals surface area contributed by atoms with E-state index in [2.05, 4.69) is 6.58 Å². The van der Waals surface area contributed by atoms with Crippen LogP contribution in [0.1, 0.15) is 62.3 Å². The quantitative estimate of drug-likeness (QED) is 0.0487. The highest BCUT2D eigenvalue weighted by Crippen LogP contribution is 2.30. The highest BCUT2D eigenvalue weighted by molar-refractivity contribution is 6.10. The molecule has 0 unspecified atom stereocenters. The van der Waals surface area contributed by atoms with Crippen molar-refractivity contribution >= 4 is 23.7 Å². The summed E-state index contributed by atoms with van der Waals surface area (Å²) in [6.45, 7) is 4.13. The maximum absolute atomic E-state index is 12.8. The van der Waals surface area contributed by atoms with Crippen molar-refractivity contribution in [1.29, 1.82) is 0 Å². The number of esters is 2. The summed E-state index contributed by atoms with van der Waals surface area (Å²) in [5, 5.41) is 20.2. The zero-order chi connectivity index (χ0) is 32.2. The summed E-state index contributed by atoms with van der Waals surface area (Å²) in [6.07, 6.45) is 4.38. The lowest BCUT2D eigenvalue weighted by molar-refractivity contribution is -0.137. The number of ether oxygens (including phenoxy) is 3.